The summed E-state index contributed by atoms with van der Waals surface area (Å²) >= 11 is 1.09. The predicted molar refractivity (Wildman–Crippen MR) is 92.1 cm³/mol. The van der Waals surface area contributed by atoms with E-state index in [-0.39, 0.29) is 24.5 Å². The van der Waals surface area contributed by atoms with Crippen molar-refractivity contribution in [3.05, 3.63) is 35.7 Å². The number of nitrogens with zero attached hydrogens (tertiary/aromatic N) is 3. The predicted octanol–water partition coefficient (Wildman–Crippen LogP) is 2.67. The van der Waals surface area contributed by atoms with Crippen molar-refractivity contribution in [2.75, 3.05) is 17.7 Å². The highest BCUT2D eigenvalue weighted by Gasteiger charge is 2.30. The molecule has 0 radical (unpaired) electrons. The van der Waals surface area contributed by atoms with Crippen molar-refractivity contribution in [1.29, 1.82) is 0 Å². The van der Waals surface area contributed by atoms with Crippen LogP contribution in [0.1, 0.15) is 18.3 Å². The van der Waals surface area contributed by atoms with E-state index in [1.54, 1.807) is 18.5 Å². The fourth-order valence-electron chi connectivity index (χ4n) is 2.04. The molecule has 0 spiro atoms. The molecular weight excluding hydrogens is 385 g/mol. The molecule has 2 aromatic rings. The van der Waals surface area contributed by atoms with E-state index in [9.17, 15) is 22.8 Å². The minimum atomic E-state index is -4.43. The van der Waals surface area contributed by atoms with Crippen LogP contribution in [0.15, 0.2) is 29.4 Å². The summed E-state index contributed by atoms with van der Waals surface area (Å²) in [4.78, 5) is 23.4. The highest BCUT2D eigenvalue weighted by Crippen LogP contribution is 2.29. The average Bonchev–Trinajstić information content (AvgIpc) is 2.93. The molecular formula is C16H17F3N4O3S. The van der Waals surface area contributed by atoms with Gasteiger partial charge in [-0.3, -0.25) is 9.59 Å². The molecule has 0 aliphatic heterocycles. The quantitative estimate of drug-likeness (QED) is 0.566. The Labute approximate surface area is 157 Å². The number of nitrogens with one attached hydrogen (secondary N) is 1. The standard InChI is InChI=1S/C16H17F3N4O3S/c1-3-26-14(25)8-12-21-22-15(23(12)2)27-9-13(24)20-11-6-4-10(5-7-11)16(17,18)19/h4-7H,3,8-9H2,1-2H3,(H,20,24). The van der Waals surface area contributed by atoms with Gasteiger partial charge in [0.25, 0.3) is 0 Å². The number of hydrogen-bond donors (Lipinski definition) is 1. The minimum Gasteiger partial charge on any atom is -0.466 e. The number of benzene rings is 1. The van der Waals surface area contributed by atoms with E-state index >= 15 is 0 Å². The molecule has 0 bridgehead atoms. The number of carbonyl (C=O) groups is 2. The zero-order chi connectivity index (χ0) is 20.0. The van der Waals surface area contributed by atoms with E-state index in [4.69, 9.17) is 4.74 Å². The summed E-state index contributed by atoms with van der Waals surface area (Å²) in [6, 6.07) is 4.16. The summed E-state index contributed by atoms with van der Waals surface area (Å²) in [5.41, 5.74) is -0.530. The highest BCUT2D eigenvalue weighted by atomic mass is 32.2. The molecule has 0 saturated heterocycles. The Bertz CT molecular complexity index is 806. The lowest BCUT2D eigenvalue weighted by molar-refractivity contribution is -0.142. The number of aromatic nitrogens is 3. The fraction of sp³-hybridized carbons (Fsp3) is 0.375. The van der Waals surface area contributed by atoms with Gasteiger partial charge in [-0.1, -0.05) is 11.8 Å². The van der Waals surface area contributed by atoms with Crippen LogP contribution in [-0.4, -0.2) is 39.0 Å². The van der Waals surface area contributed by atoms with Crippen LogP contribution in [0.3, 0.4) is 0 Å². The van der Waals surface area contributed by atoms with Gasteiger partial charge in [-0.15, -0.1) is 10.2 Å². The molecule has 1 N–H and O–H groups in total. The lowest BCUT2D eigenvalue weighted by atomic mass is 10.2. The number of hydrogen-bond acceptors (Lipinski definition) is 6. The van der Waals surface area contributed by atoms with Crippen molar-refractivity contribution in [1.82, 2.24) is 14.8 Å². The first kappa shape index (κ1) is 20.7. The maximum atomic E-state index is 12.5. The monoisotopic (exact) mass is 402 g/mol. The molecule has 1 amide bonds. The van der Waals surface area contributed by atoms with Gasteiger partial charge in [-0.2, -0.15) is 13.2 Å². The third kappa shape index (κ3) is 5.98. The van der Waals surface area contributed by atoms with Gasteiger partial charge in [-0.05, 0) is 31.2 Å². The number of rotatable bonds is 7. The normalized spacial score (nSPS) is 11.3. The number of thioether (sulfide) groups is 1. The molecule has 7 nitrogen and oxygen atoms in total. The zero-order valence-electron chi connectivity index (χ0n) is 14.5. The van der Waals surface area contributed by atoms with E-state index in [0.29, 0.717) is 11.0 Å². The second kappa shape index (κ2) is 8.89. The van der Waals surface area contributed by atoms with Crippen LogP contribution in [0.25, 0.3) is 0 Å². The van der Waals surface area contributed by atoms with E-state index < -0.39 is 23.6 Å². The van der Waals surface area contributed by atoms with Gasteiger partial charge in [0.1, 0.15) is 12.2 Å². The molecule has 27 heavy (non-hydrogen) atoms. The Hall–Kier alpha value is -2.56. The van der Waals surface area contributed by atoms with Crippen molar-refractivity contribution < 1.29 is 27.5 Å². The molecule has 1 aromatic heterocycles. The van der Waals surface area contributed by atoms with E-state index in [1.807, 2.05) is 0 Å². The highest BCUT2D eigenvalue weighted by molar-refractivity contribution is 7.99. The van der Waals surface area contributed by atoms with Gasteiger partial charge < -0.3 is 14.6 Å². The molecule has 0 atom stereocenters. The molecule has 2 rings (SSSR count). The molecule has 0 aliphatic carbocycles. The Morgan fingerprint density at radius 2 is 1.89 bits per heavy atom. The Balaban J connectivity index is 1.88. The van der Waals surface area contributed by atoms with E-state index in [2.05, 4.69) is 15.5 Å². The lowest BCUT2D eigenvalue weighted by Crippen LogP contribution is -2.15. The van der Waals surface area contributed by atoms with Gasteiger partial charge in [0, 0.05) is 12.7 Å². The number of carbonyl (C=O) groups excluding carboxylic acids is 2. The number of halogens is 3. The molecule has 1 heterocycles. The van der Waals surface area contributed by atoms with Crippen molar-refractivity contribution in [2.24, 2.45) is 7.05 Å². The average molecular weight is 402 g/mol. The lowest BCUT2D eigenvalue weighted by Gasteiger charge is -2.08. The van der Waals surface area contributed by atoms with Crippen LogP contribution in [0.5, 0.6) is 0 Å². The first-order valence-electron chi connectivity index (χ1n) is 7.84. The van der Waals surface area contributed by atoms with Crippen LogP contribution >= 0.6 is 11.8 Å². The van der Waals surface area contributed by atoms with Crippen LogP contribution in [-0.2, 0) is 34.0 Å². The summed E-state index contributed by atoms with van der Waals surface area (Å²) in [6.07, 6.45) is -4.46. The Morgan fingerprint density at radius 1 is 1.22 bits per heavy atom. The minimum absolute atomic E-state index is 0.0214. The second-order valence-corrected chi connectivity index (χ2v) is 6.29. The summed E-state index contributed by atoms with van der Waals surface area (Å²) in [7, 11) is 1.66. The van der Waals surface area contributed by atoms with Crippen molar-refractivity contribution in [3.63, 3.8) is 0 Å². The molecule has 0 fully saturated rings. The van der Waals surface area contributed by atoms with Crippen LogP contribution in [0.4, 0.5) is 18.9 Å². The van der Waals surface area contributed by atoms with Crippen molar-refractivity contribution in [2.45, 2.75) is 24.7 Å². The Morgan fingerprint density at radius 3 is 2.48 bits per heavy atom. The zero-order valence-corrected chi connectivity index (χ0v) is 15.4. The van der Waals surface area contributed by atoms with Crippen LogP contribution in [0, 0.1) is 0 Å². The van der Waals surface area contributed by atoms with Gasteiger partial charge in [0.2, 0.25) is 5.91 Å². The first-order chi connectivity index (χ1) is 12.7. The van der Waals surface area contributed by atoms with Gasteiger partial charge in [0.05, 0.1) is 17.9 Å². The van der Waals surface area contributed by atoms with Gasteiger partial charge in [-0.25, -0.2) is 0 Å². The number of ether oxygens (including phenoxy) is 1. The number of esters is 1. The van der Waals surface area contributed by atoms with Gasteiger partial charge in [0.15, 0.2) is 5.16 Å². The SMILES string of the molecule is CCOC(=O)Cc1nnc(SCC(=O)Nc2ccc(C(F)(F)F)cc2)n1C. The fourth-order valence-corrected chi connectivity index (χ4v) is 2.77. The first-order valence-corrected chi connectivity index (χ1v) is 8.83. The topological polar surface area (TPSA) is 86.1 Å². The largest absolute Gasteiger partial charge is 0.466 e. The van der Waals surface area contributed by atoms with Crippen LogP contribution in [0.2, 0.25) is 0 Å². The third-order valence-corrected chi connectivity index (χ3v) is 4.38. The smallest absolute Gasteiger partial charge is 0.416 e. The molecule has 11 heteroatoms. The maximum Gasteiger partial charge on any atom is 0.416 e. The maximum absolute atomic E-state index is 12.5. The molecule has 146 valence electrons. The second-order valence-electron chi connectivity index (χ2n) is 5.35. The molecule has 1 aromatic carbocycles. The third-order valence-electron chi connectivity index (χ3n) is 3.36. The molecule has 0 unspecified atom stereocenters. The summed E-state index contributed by atoms with van der Waals surface area (Å²) < 4.78 is 44.0. The Kier molecular flexibility index (Phi) is 6.83. The number of amides is 1. The molecule has 0 aliphatic rings. The number of alkyl halides is 3. The summed E-state index contributed by atoms with van der Waals surface area (Å²) in [5.74, 6) is -0.453. The summed E-state index contributed by atoms with van der Waals surface area (Å²) in [5, 5.41) is 10.7. The van der Waals surface area contributed by atoms with Gasteiger partial charge >= 0.3 is 12.1 Å². The van der Waals surface area contributed by atoms with Crippen molar-refractivity contribution in [3.8, 4) is 0 Å². The van der Waals surface area contributed by atoms with Crippen LogP contribution < -0.4 is 5.32 Å². The summed E-state index contributed by atoms with van der Waals surface area (Å²) in [6.45, 7) is 1.97. The van der Waals surface area contributed by atoms with E-state index in [0.717, 1.165) is 23.9 Å². The van der Waals surface area contributed by atoms with Crippen molar-refractivity contribution >= 4 is 29.3 Å². The van der Waals surface area contributed by atoms with E-state index in [1.165, 1.54) is 12.1 Å². The number of anilines is 1. The molecule has 0 saturated carbocycles.